The first-order valence-electron chi connectivity index (χ1n) is 7.01. The van der Waals surface area contributed by atoms with Gasteiger partial charge in [-0.25, -0.2) is 8.42 Å². The SMILES string of the molecule is O=S(=O)(CCCNC1CC1)c1ccc2c(c1)OCCO2. The summed E-state index contributed by atoms with van der Waals surface area (Å²) in [5.41, 5.74) is 0. The highest BCUT2D eigenvalue weighted by Gasteiger charge is 2.21. The first kappa shape index (κ1) is 13.7. The van der Waals surface area contributed by atoms with Gasteiger partial charge in [-0.05, 0) is 37.9 Å². The normalized spacial score (nSPS) is 18.0. The van der Waals surface area contributed by atoms with Crippen LogP contribution in [0.2, 0.25) is 0 Å². The molecule has 5 nitrogen and oxygen atoms in total. The highest BCUT2D eigenvalue weighted by molar-refractivity contribution is 7.91. The highest BCUT2D eigenvalue weighted by atomic mass is 32.2. The third kappa shape index (κ3) is 3.24. The summed E-state index contributed by atoms with van der Waals surface area (Å²) in [6.45, 7) is 1.72. The fourth-order valence-electron chi connectivity index (χ4n) is 2.19. The lowest BCUT2D eigenvalue weighted by atomic mass is 10.3. The largest absolute Gasteiger partial charge is 0.486 e. The summed E-state index contributed by atoms with van der Waals surface area (Å²) in [6.07, 6.45) is 3.07. The minimum Gasteiger partial charge on any atom is -0.486 e. The summed E-state index contributed by atoms with van der Waals surface area (Å²) in [5.74, 6) is 1.30. The number of hydrogen-bond donors (Lipinski definition) is 1. The van der Waals surface area contributed by atoms with E-state index in [2.05, 4.69) is 5.32 Å². The van der Waals surface area contributed by atoms with Crippen molar-refractivity contribution in [2.75, 3.05) is 25.5 Å². The van der Waals surface area contributed by atoms with Crippen LogP contribution in [0.4, 0.5) is 0 Å². The minimum atomic E-state index is -3.25. The van der Waals surface area contributed by atoms with Crippen molar-refractivity contribution >= 4 is 9.84 Å². The van der Waals surface area contributed by atoms with Crippen molar-refractivity contribution in [1.29, 1.82) is 0 Å². The highest BCUT2D eigenvalue weighted by Crippen LogP contribution is 2.32. The van der Waals surface area contributed by atoms with Crippen molar-refractivity contribution in [3.05, 3.63) is 18.2 Å². The number of hydrogen-bond acceptors (Lipinski definition) is 5. The van der Waals surface area contributed by atoms with Gasteiger partial charge in [-0.3, -0.25) is 0 Å². The second-order valence-electron chi connectivity index (χ2n) is 5.21. The van der Waals surface area contributed by atoms with Crippen molar-refractivity contribution in [2.45, 2.75) is 30.2 Å². The van der Waals surface area contributed by atoms with Crippen LogP contribution in [0.5, 0.6) is 11.5 Å². The Morgan fingerprint density at radius 3 is 2.65 bits per heavy atom. The molecule has 0 atom stereocenters. The van der Waals surface area contributed by atoms with E-state index in [1.165, 1.54) is 12.8 Å². The maximum atomic E-state index is 12.3. The molecule has 1 N–H and O–H groups in total. The maximum absolute atomic E-state index is 12.3. The number of nitrogens with one attached hydrogen (secondary N) is 1. The zero-order valence-corrected chi connectivity index (χ0v) is 12.1. The van der Waals surface area contributed by atoms with E-state index in [1.807, 2.05) is 0 Å². The Morgan fingerprint density at radius 1 is 1.15 bits per heavy atom. The van der Waals surface area contributed by atoms with Crippen LogP contribution in [0.15, 0.2) is 23.1 Å². The molecule has 1 fully saturated rings. The van der Waals surface area contributed by atoms with E-state index in [4.69, 9.17) is 9.47 Å². The monoisotopic (exact) mass is 297 g/mol. The van der Waals surface area contributed by atoms with Gasteiger partial charge in [0.1, 0.15) is 13.2 Å². The Balaban J connectivity index is 1.63. The van der Waals surface area contributed by atoms with Gasteiger partial charge in [0.15, 0.2) is 21.3 Å². The molecule has 2 aliphatic rings. The van der Waals surface area contributed by atoms with Crippen LogP contribution in [0.1, 0.15) is 19.3 Å². The smallest absolute Gasteiger partial charge is 0.178 e. The quantitative estimate of drug-likeness (QED) is 0.804. The molecule has 0 radical (unpaired) electrons. The molecule has 20 heavy (non-hydrogen) atoms. The van der Waals surface area contributed by atoms with Gasteiger partial charge in [0, 0.05) is 12.1 Å². The van der Waals surface area contributed by atoms with Gasteiger partial charge in [0.2, 0.25) is 0 Å². The molecule has 0 amide bonds. The van der Waals surface area contributed by atoms with Crippen LogP contribution in [0.25, 0.3) is 0 Å². The maximum Gasteiger partial charge on any atom is 0.178 e. The molecule has 1 aliphatic heterocycles. The molecule has 0 unspecified atom stereocenters. The van der Waals surface area contributed by atoms with Crippen molar-refractivity contribution in [2.24, 2.45) is 0 Å². The van der Waals surface area contributed by atoms with Gasteiger partial charge >= 0.3 is 0 Å². The molecule has 0 bridgehead atoms. The van der Waals surface area contributed by atoms with Crippen LogP contribution < -0.4 is 14.8 Å². The van der Waals surface area contributed by atoms with E-state index in [1.54, 1.807) is 18.2 Å². The average molecular weight is 297 g/mol. The molecule has 0 spiro atoms. The number of fused-ring (bicyclic) bond motifs is 1. The molecule has 0 aromatic heterocycles. The molecule has 1 aromatic carbocycles. The van der Waals surface area contributed by atoms with E-state index in [0.717, 1.165) is 6.54 Å². The number of ether oxygens (including phenoxy) is 2. The van der Waals surface area contributed by atoms with Gasteiger partial charge in [-0.1, -0.05) is 0 Å². The van der Waals surface area contributed by atoms with E-state index >= 15 is 0 Å². The molecule has 3 rings (SSSR count). The van der Waals surface area contributed by atoms with Crippen molar-refractivity contribution in [3.8, 4) is 11.5 Å². The van der Waals surface area contributed by atoms with E-state index < -0.39 is 9.84 Å². The van der Waals surface area contributed by atoms with Crippen LogP contribution in [-0.2, 0) is 9.84 Å². The second-order valence-corrected chi connectivity index (χ2v) is 7.32. The van der Waals surface area contributed by atoms with E-state index in [-0.39, 0.29) is 5.75 Å². The van der Waals surface area contributed by atoms with Gasteiger partial charge in [0.05, 0.1) is 10.6 Å². The summed E-state index contributed by atoms with van der Waals surface area (Å²) in [7, 11) is -3.25. The molecule has 6 heteroatoms. The van der Waals surface area contributed by atoms with Gasteiger partial charge in [0.25, 0.3) is 0 Å². The standard InChI is InChI=1S/C14H19NO4S/c16-20(17,9-1-6-15-11-2-3-11)12-4-5-13-14(10-12)19-8-7-18-13/h4-5,10-11,15H,1-3,6-9H2. The Bertz CT molecular complexity index is 581. The predicted molar refractivity (Wildman–Crippen MR) is 75.1 cm³/mol. The van der Waals surface area contributed by atoms with Gasteiger partial charge < -0.3 is 14.8 Å². The first-order valence-corrected chi connectivity index (χ1v) is 8.66. The van der Waals surface area contributed by atoms with Crippen LogP contribution in [0.3, 0.4) is 0 Å². The number of benzene rings is 1. The summed E-state index contributed by atoms with van der Waals surface area (Å²) in [4.78, 5) is 0.313. The van der Waals surface area contributed by atoms with Gasteiger partial charge in [-0.15, -0.1) is 0 Å². The lowest BCUT2D eigenvalue weighted by Gasteiger charge is -2.18. The first-order chi connectivity index (χ1) is 9.65. The van der Waals surface area contributed by atoms with Crippen molar-refractivity contribution < 1.29 is 17.9 Å². The summed E-state index contributed by atoms with van der Waals surface area (Å²) >= 11 is 0. The van der Waals surface area contributed by atoms with Crippen molar-refractivity contribution in [1.82, 2.24) is 5.32 Å². The Morgan fingerprint density at radius 2 is 1.90 bits per heavy atom. The minimum absolute atomic E-state index is 0.159. The lowest BCUT2D eigenvalue weighted by Crippen LogP contribution is -2.20. The topological polar surface area (TPSA) is 64.6 Å². The van der Waals surface area contributed by atoms with E-state index in [0.29, 0.717) is 42.1 Å². The summed E-state index contributed by atoms with van der Waals surface area (Å²) in [6, 6.07) is 5.45. The van der Waals surface area contributed by atoms with Crippen molar-refractivity contribution in [3.63, 3.8) is 0 Å². The fraction of sp³-hybridized carbons (Fsp3) is 0.571. The van der Waals surface area contributed by atoms with Gasteiger partial charge in [-0.2, -0.15) is 0 Å². The molecular weight excluding hydrogens is 278 g/mol. The molecule has 1 saturated carbocycles. The average Bonchev–Trinajstić information content (AvgIpc) is 3.27. The zero-order chi connectivity index (χ0) is 14.0. The Hall–Kier alpha value is -1.27. The lowest BCUT2D eigenvalue weighted by molar-refractivity contribution is 0.171. The number of rotatable bonds is 6. The second kappa shape index (κ2) is 5.61. The van der Waals surface area contributed by atoms with E-state index in [9.17, 15) is 8.42 Å². The predicted octanol–water partition coefficient (Wildman–Crippen LogP) is 1.37. The Labute approximate surface area is 119 Å². The molecule has 1 aliphatic carbocycles. The molecule has 1 heterocycles. The fourth-order valence-corrected chi connectivity index (χ4v) is 3.51. The van der Waals surface area contributed by atoms with Crippen LogP contribution >= 0.6 is 0 Å². The third-order valence-electron chi connectivity index (χ3n) is 3.47. The summed E-state index contributed by atoms with van der Waals surface area (Å²) in [5, 5.41) is 3.32. The molecule has 110 valence electrons. The van der Waals surface area contributed by atoms with Crippen LogP contribution in [-0.4, -0.2) is 40.0 Å². The summed E-state index contributed by atoms with van der Waals surface area (Å²) < 4.78 is 35.3. The third-order valence-corrected chi connectivity index (χ3v) is 5.27. The number of sulfone groups is 1. The molecular formula is C14H19NO4S. The van der Waals surface area contributed by atoms with Crippen LogP contribution in [0, 0.1) is 0 Å². The molecule has 0 saturated heterocycles. The molecule has 1 aromatic rings. The zero-order valence-electron chi connectivity index (χ0n) is 11.3. The Kier molecular flexibility index (Phi) is 3.85.